The van der Waals surface area contributed by atoms with Gasteiger partial charge in [-0.1, -0.05) is 48.5 Å². The minimum Gasteiger partial charge on any atom is -0.490 e. The van der Waals surface area contributed by atoms with Gasteiger partial charge in [-0.3, -0.25) is 5.10 Å². The second-order valence-electron chi connectivity index (χ2n) is 6.48. The highest BCUT2D eigenvalue weighted by molar-refractivity contribution is 5.82. The number of para-hydroxylation sites is 1. The number of carbonyl (C=O) groups excluding carboxylic acids is 1. The number of hydrogen-bond acceptors (Lipinski definition) is 4. The van der Waals surface area contributed by atoms with E-state index in [1.54, 1.807) is 24.3 Å². The second kappa shape index (κ2) is 7.56. The summed E-state index contributed by atoms with van der Waals surface area (Å²) in [5.74, 6) is 0.589. The molecule has 0 atom stereocenters. The monoisotopic (exact) mass is 375 g/mol. The summed E-state index contributed by atoms with van der Waals surface area (Å²) in [5, 5.41) is 12.6. The van der Waals surface area contributed by atoms with Crippen LogP contribution in [0.3, 0.4) is 0 Å². The predicted octanol–water partition coefficient (Wildman–Crippen LogP) is 3.93. The summed E-state index contributed by atoms with van der Waals surface area (Å²) in [6.07, 6.45) is 3.41. The Morgan fingerprint density at radius 1 is 1.18 bits per heavy atom. The highest BCUT2D eigenvalue weighted by Crippen LogP contribution is 2.28. The molecule has 0 aliphatic heterocycles. The van der Waals surface area contributed by atoms with Gasteiger partial charge in [0.1, 0.15) is 5.69 Å². The van der Waals surface area contributed by atoms with Crippen LogP contribution in [-0.2, 0) is 6.54 Å². The van der Waals surface area contributed by atoms with E-state index in [1.165, 1.54) is 4.68 Å². The van der Waals surface area contributed by atoms with Gasteiger partial charge in [0.15, 0.2) is 5.75 Å². The maximum atomic E-state index is 13.0. The molecule has 2 aromatic heterocycles. The Morgan fingerprint density at radius 3 is 2.79 bits per heavy atom. The van der Waals surface area contributed by atoms with E-state index < -0.39 is 0 Å². The number of H-pyrrole nitrogens is 1. The Labute approximate surface area is 162 Å². The summed E-state index contributed by atoms with van der Waals surface area (Å²) in [5.41, 5.74) is 3.48. The largest absolute Gasteiger partial charge is 0.490 e. The molecule has 2 aromatic carbocycles. The third kappa shape index (κ3) is 3.34. The molecule has 2 heterocycles. The van der Waals surface area contributed by atoms with Crippen molar-refractivity contribution in [2.45, 2.75) is 13.5 Å². The van der Waals surface area contributed by atoms with Crippen LogP contribution in [0.25, 0.3) is 22.2 Å². The predicted molar refractivity (Wildman–Crippen MR) is 107 cm³/mol. The van der Waals surface area contributed by atoms with Gasteiger partial charge in [0.2, 0.25) is 0 Å². The second-order valence-corrected chi connectivity index (χ2v) is 6.48. The van der Waals surface area contributed by atoms with Crippen molar-refractivity contribution in [3.63, 3.8) is 0 Å². The molecule has 0 fully saturated rings. The van der Waals surface area contributed by atoms with Crippen LogP contribution in [-0.4, -0.2) is 44.6 Å². The number of nitrogens with one attached hydrogen (secondary N) is 1. The standard InChI is InChI=1S/C21H21N5O2/c1-3-28-18-14-26(24-20(18)15-8-5-4-6-9-15)21(27)25(2)13-17-11-7-10-16-12-22-23-19(16)17/h4-12,14H,3,13H2,1-2H3,(H,22,23). The topological polar surface area (TPSA) is 76.0 Å². The molecule has 142 valence electrons. The molecular formula is C21H21N5O2. The number of aromatic amines is 1. The molecule has 4 rings (SSSR count). The normalized spacial score (nSPS) is 10.9. The minimum absolute atomic E-state index is 0.236. The average Bonchev–Trinajstić information content (AvgIpc) is 3.36. The first-order chi connectivity index (χ1) is 13.7. The fourth-order valence-corrected chi connectivity index (χ4v) is 3.17. The molecule has 1 N–H and O–H groups in total. The van der Waals surface area contributed by atoms with E-state index in [0.29, 0.717) is 24.6 Å². The summed E-state index contributed by atoms with van der Waals surface area (Å²) in [6, 6.07) is 15.4. The lowest BCUT2D eigenvalue weighted by Gasteiger charge is -2.17. The molecule has 0 saturated carbocycles. The van der Waals surface area contributed by atoms with Crippen LogP contribution in [0.4, 0.5) is 4.79 Å². The number of carbonyl (C=O) groups is 1. The summed E-state index contributed by atoms with van der Waals surface area (Å²) < 4.78 is 7.03. The van der Waals surface area contributed by atoms with Crippen LogP contribution >= 0.6 is 0 Å². The Kier molecular flexibility index (Phi) is 4.80. The van der Waals surface area contributed by atoms with Crippen molar-refractivity contribution >= 4 is 16.9 Å². The number of ether oxygens (including phenoxy) is 1. The van der Waals surface area contributed by atoms with Crippen LogP contribution in [0, 0.1) is 0 Å². The average molecular weight is 375 g/mol. The number of aromatic nitrogens is 4. The lowest BCUT2D eigenvalue weighted by Crippen LogP contribution is -2.31. The molecule has 0 spiro atoms. The number of amides is 1. The van der Waals surface area contributed by atoms with Gasteiger partial charge in [0.05, 0.1) is 24.5 Å². The lowest BCUT2D eigenvalue weighted by atomic mass is 10.1. The van der Waals surface area contributed by atoms with Gasteiger partial charge in [-0.05, 0) is 12.5 Å². The first-order valence-corrected chi connectivity index (χ1v) is 9.11. The third-order valence-electron chi connectivity index (χ3n) is 4.52. The Hall–Kier alpha value is -3.61. The summed E-state index contributed by atoms with van der Waals surface area (Å²) >= 11 is 0. The van der Waals surface area contributed by atoms with Crippen molar-refractivity contribution in [2.24, 2.45) is 0 Å². The smallest absolute Gasteiger partial charge is 0.344 e. The minimum atomic E-state index is -0.236. The SMILES string of the molecule is CCOc1cn(C(=O)N(C)Cc2cccc3cn[nH]c23)nc1-c1ccccc1. The van der Waals surface area contributed by atoms with Gasteiger partial charge in [-0.2, -0.15) is 14.9 Å². The molecule has 4 aromatic rings. The molecule has 0 aliphatic rings. The first kappa shape index (κ1) is 17.8. The summed E-state index contributed by atoms with van der Waals surface area (Å²) in [6.45, 7) is 2.84. The van der Waals surface area contributed by atoms with Gasteiger partial charge in [-0.25, -0.2) is 4.79 Å². The van der Waals surface area contributed by atoms with Crippen LogP contribution in [0.5, 0.6) is 5.75 Å². The molecule has 28 heavy (non-hydrogen) atoms. The third-order valence-corrected chi connectivity index (χ3v) is 4.52. The first-order valence-electron chi connectivity index (χ1n) is 9.11. The van der Waals surface area contributed by atoms with Crippen molar-refractivity contribution in [3.8, 4) is 17.0 Å². The fraction of sp³-hybridized carbons (Fsp3) is 0.190. The molecule has 0 unspecified atom stereocenters. The molecule has 0 aliphatic carbocycles. The van der Waals surface area contributed by atoms with Crippen molar-refractivity contribution < 1.29 is 9.53 Å². The number of rotatable bonds is 5. The number of nitrogens with zero attached hydrogens (tertiary/aromatic N) is 4. The number of hydrogen-bond donors (Lipinski definition) is 1. The van der Waals surface area contributed by atoms with Crippen LogP contribution < -0.4 is 4.74 Å². The van der Waals surface area contributed by atoms with Crippen molar-refractivity contribution in [2.75, 3.05) is 13.7 Å². The van der Waals surface area contributed by atoms with Crippen molar-refractivity contribution in [3.05, 3.63) is 66.5 Å². The van der Waals surface area contributed by atoms with E-state index in [9.17, 15) is 4.79 Å². The summed E-state index contributed by atoms with van der Waals surface area (Å²) in [4.78, 5) is 14.6. The van der Waals surface area contributed by atoms with Gasteiger partial charge in [0.25, 0.3) is 0 Å². The van der Waals surface area contributed by atoms with E-state index in [-0.39, 0.29) is 6.03 Å². The summed E-state index contributed by atoms with van der Waals surface area (Å²) in [7, 11) is 1.75. The highest BCUT2D eigenvalue weighted by Gasteiger charge is 2.19. The molecule has 7 heteroatoms. The zero-order valence-electron chi connectivity index (χ0n) is 15.8. The van der Waals surface area contributed by atoms with Crippen LogP contribution in [0.2, 0.25) is 0 Å². The van der Waals surface area contributed by atoms with Gasteiger partial charge >= 0.3 is 6.03 Å². The Balaban J connectivity index is 1.61. The van der Waals surface area contributed by atoms with Gasteiger partial charge in [-0.15, -0.1) is 0 Å². The van der Waals surface area contributed by atoms with E-state index in [4.69, 9.17) is 4.74 Å². The molecule has 1 amide bonds. The Bertz CT molecular complexity index is 1100. The lowest BCUT2D eigenvalue weighted by molar-refractivity contribution is 0.205. The van der Waals surface area contributed by atoms with Gasteiger partial charge < -0.3 is 9.64 Å². The van der Waals surface area contributed by atoms with Crippen LogP contribution in [0.1, 0.15) is 12.5 Å². The maximum Gasteiger partial charge on any atom is 0.344 e. The van der Waals surface area contributed by atoms with Crippen molar-refractivity contribution in [1.82, 2.24) is 24.9 Å². The molecule has 7 nitrogen and oxygen atoms in total. The maximum absolute atomic E-state index is 13.0. The number of benzene rings is 2. The van der Waals surface area contributed by atoms with E-state index in [0.717, 1.165) is 22.0 Å². The van der Waals surface area contributed by atoms with Gasteiger partial charge in [0, 0.05) is 24.5 Å². The molecule has 0 radical (unpaired) electrons. The van der Waals surface area contributed by atoms with E-state index in [1.807, 2.05) is 55.5 Å². The quantitative estimate of drug-likeness (QED) is 0.573. The van der Waals surface area contributed by atoms with E-state index >= 15 is 0 Å². The Morgan fingerprint density at radius 2 is 2.00 bits per heavy atom. The fourth-order valence-electron chi connectivity index (χ4n) is 3.17. The molecule has 0 bridgehead atoms. The van der Waals surface area contributed by atoms with E-state index in [2.05, 4.69) is 15.3 Å². The highest BCUT2D eigenvalue weighted by atomic mass is 16.5. The zero-order chi connectivity index (χ0) is 19.5. The van der Waals surface area contributed by atoms with Crippen molar-refractivity contribution in [1.29, 1.82) is 0 Å². The molecular weight excluding hydrogens is 354 g/mol. The zero-order valence-corrected chi connectivity index (χ0v) is 15.8. The number of fused-ring (bicyclic) bond motifs is 1. The molecule has 0 saturated heterocycles. The van der Waals surface area contributed by atoms with Crippen LogP contribution in [0.15, 0.2) is 60.9 Å².